The molecule has 6 heterocycles. The molecule has 12 heavy (non-hydrogen) atoms. The predicted octanol–water partition coefficient (Wildman–Crippen LogP) is -0.547. The van der Waals surface area contributed by atoms with Gasteiger partial charge in [-0.2, -0.15) is 0 Å². The number of rotatable bonds is 0. The highest BCUT2D eigenvalue weighted by Crippen LogP contribution is 2.67. The Morgan fingerprint density at radius 2 is 1.42 bits per heavy atom. The molecular weight excluding hydrogens is 241 g/mol. The predicted molar refractivity (Wildman–Crippen MR) is 61.9 cm³/mol. The molecule has 6 radical (unpaired) electrons. The average Bonchev–Trinajstić information content (AvgIpc) is 1.98. The maximum absolute atomic E-state index is 2.02. The Hall–Kier alpha value is 1.30. The van der Waals surface area contributed by atoms with Crippen molar-refractivity contribution in [3.8, 4) is 0 Å². The van der Waals surface area contributed by atoms with Gasteiger partial charge in [0, 0.05) is 54.2 Å². The van der Waals surface area contributed by atoms with Gasteiger partial charge in [-0.3, -0.25) is 0 Å². The van der Waals surface area contributed by atoms with E-state index in [0.717, 1.165) is 0 Å². The zero-order chi connectivity index (χ0) is 7.45. The van der Waals surface area contributed by atoms with Crippen molar-refractivity contribution in [1.82, 2.24) is 0 Å². The van der Waals surface area contributed by atoms with Crippen LogP contribution in [-0.2, 0) is 0 Å². The Balaban J connectivity index is 1.74. The molecule has 4 unspecified atom stereocenters. The van der Waals surface area contributed by atoms with Gasteiger partial charge in [-0.05, 0) is 0 Å². The second-order valence-corrected chi connectivity index (χ2v) is 29.3. The molecule has 0 N–H and O–H groups in total. The van der Waals surface area contributed by atoms with Crippen molar-refractivity contribution in [2.45, 2.75) is 30.5 Å². The van der Waals surface area contributed by atoms with Crippen molar-refractivity contribution in [2.75, 3.05) is 0 Å². The van der Waals surface area contributed by atoms with Gasteiger partial charge in [-0.25, -0.2) is 0 Å². The zero-order valence-corrected chi connectivity index (χ0v) is 13.2. The molecule has 6 saturated heterocycles. The van der Waals surface area contributed by atoms with Crippen LogP contribution in [0.4, 0.5) is 0 Å². The topological polar surface area (TPSA) is 0 Å². The minimum atomic E-state index is 0.0467. The summed E-state index contributed by atoms with van der Waals surface area (Å²) in [6, 6.07) is 0. The Bertz CT molecular complexity index is 185. The van der Waals surface area contributed by atoms with Gasteiger partial charge < -0.3 is 0 Å². The fraction of sp³-hybridized carbons (Fsp3) is 1.00. The van der Waals surface area contributed by atoms with Gasteiger partial charge in [0.2, 0.25) is 0 Å². The summed E-state index contributed by atoms with van der Waals surface area (Å²) in [5.41, 5.74) is 3.99. The van der Waals surface area contributed by atoms with Crippen molar-refractivity contribution in [3.05, 3.63) is 0 Å². The molecule has 8 bridgehead atoms. The Kier molecular flexibility index (Phi) is 1.03. The van der Waals surface area contributed by atoms with Crippen LogP contribution in [0.3, 0.4) is 0 Å². The maximum Gasteiger partial charge on any atom is 0.0387 e. The quantitative estimate of drug-likeness (QED) is 0.507. The van der Waals surface area contributed by atoms with Crippen molar-refractivity contribution < 1.29 is 0 Å². The van der Waals surface area contributed by atoms with E-state index in [4.69, 9.17) is 0 Å². The van der Waals surface area contributed by atoms with Gasteiger partial charge in [0.25, 0.3) is 0 Å². The van der Waals surface area contributed by atoms with Crippen molar-refractivity contribution >= 4 is 54.2 Å². The highest BCUT2D eigenvalue weighted by molar-refractivity contribution is 7.36. The first-order valence-corrected chi connectivity index (χ1v) is 15.5. The van der Waals surface area contributed by atoms with Crippen LogP contribution in [0.25, 0.3) is 0 Å². The molecule has 6 fully saturated rings. The lowest BCUT2D eigenvalue weighted by Gasteiger charge is -2.75. The van der Waals surface area contributed by atoms with Gasteiger partial charge in [-0.1, -0.05) is 30.5 Å². The highest BCUT2D eigenvalue weighted by Gasteiger charge is 2.73. The third-order valence-electron chi connectivity index (χ3n) is 4.98. The summed E-state index contributed by atoms with van der Waals surface area (Å²) in [6.07, 6.45) is 0. The molecule has 6 aliphatic heterocycles. The first kappa shape index (κ1) is 6.72. The molecule has 0 saturated carbocycles. The smallest absolute Gasteiger partial charge is 0.0387 e. The molecule has 0 aromatic heterocycles. The van der Waals surface area contributed by atoms with E-state index in [1.54, 1.807) is 38.2 Å². The van der Waals surface area contributed by atoms with Crippen LogP contribution in [-0.4, -0.2) is 54.2 Å². The first-order chi connectivity index (χ1) is 5.93. The molecule has 0 aliphatic carbocycles. The molecule has 6 heteroatoms. The van der Waals surface area contributed by atoms with Gasteiger partial charge in [0.1, 0.15) is 0 Å². The summed E-state index contributed by atoms with van der Waals surface area (Å²) >= 11 is 0. The van der Waals surface area contributed by atoms with Crippen molar-refractivity contribution in [3.63, 3.8) is 0 Å². The molecule has 0 aromatic carbocycles. The molecule has 58 valence electrons. The summed E-state index contributed by atoms with van der Waals surface area (Å²) in [7, 11) is 4.21. The Morgan fingerprint density at radius 3 is 1.92 bits per heavy atom. The first-order valence-electron chi connectivity index (χ1n) is 5.17. The van der Waals surface area contributed by atoms with E-state index in [1.807, 2.05) is 11.3 Å². The van der Waals surface area contributed by atoms with Crippen LogP contribution < -0.4 is 0 Å². The van der Waals surface area contributed by atoms with E-state index in [0.29, 0.717) is 17.6 Å². The molecule has 0 aromatic rings. The molecule has 0 nitrogen and oxygen atoms in total. The SMILES string of the molecule is C1[Si]2C3[Si]C4[Si]1C1[Si]C2[SiH]3C[SiH]41. The van der Waals surface area contributed by atoms with Crippen molar-refractivity contribution in [2.24, 2.45) is 0 Å². The van der Waals surface area contributed by atoms with Crippen LogP contribution in [0.2, 0.25) is 30.5 Å². The zero-order valence-electron chi connectivity index (χ0n) is 6.88. The van der Waals surface area contributed by atoms with Gasteiger partial charge in [-0.15, -0.1) is 0 Å². The summed E-state index contributed by atoms with van der Waals surface area (Å²) in [5, 5.41) is 0. The number of hydrogen-bond donors (Lipinski definition) is 0. The van der Waals surface area contributed by atoms with Crippen molar-refractivity contribution in [1.29, 1.82) is 0 Å². The van der Waals surface area contributed by atoms with Gasteiger partial charge in [0.05, 0.1) is 0 Å². The normalized spacial score (nSPS) is 71.0. The van der Waals surface area contributed by atoms with Crippen LogP contribution >= 0.6 is 0 Å². The minimum Gasteiger partial charge on any atom is -0.0673 e. The van der Waals surface area contributed by atoms with E-state index in [2.05, 4.69) is 0 Å². The summed E-state index contributed by atoms with van der Waals surface area (Å²) in [6.45, 7) is 0. The third kappa shape index (κ3) is 0.493. The minimum absolute atomic E-state index is 0.0467. The molecule has 6 rings (SSSR count). The van der Waals surface area contributed by atoms with Crippen LogP contribution in [0.5, 0.6) is 0 Å². The monoisotopic (exact) mass is 250 g/mol. The lowest BCUT2D eigenvalue weighted by Crippen LogP contribution is -2.83. The summed E-state index contributed by atoms with van der Waals surface area (Å²) in [5.74, 6) is 0. The second-order valence-electron chi connectivity index (χ2n) is 5.13. The van der Waals surface area contributed by atoms with Crippen LogP contribution in [0.15, 0.2) is 0 Å². The van der Waals surface area contributed by atoms with E-state index in [9.17, 15) is 0 Å². The van der Waals surface area contributed by atoms with Crippen LogP contribution in [0.1, 0.15) is 0 Å². The summed E-state index contributed by atoms with van der Waals surface area (Å²) in [4.78, 5) is 6.32. The fourth-order valence-electron chi connectivity index (χ4n) is 4.48. The Labute approximate surface area is 84.6 Å². The van der Waals surface area contributed by atoms with E-state index >= 15 is 0 Å². The number of hydrogen-bond acceptors (Lipinski definition) is 0. The van der Waals surface area contributed by atoms with E-state index in [-0.39, 0.29) is 17.6 Å². The Morgan fingerprint density at radius 1 is 0.917 bits per heavy atom. The molecule has 0 amide bonds. The van der Waals surface area contributed by atoms with E-state index in [1.165, 1.54) is 0 Å². The highest BCUT2D eigenvalue weighted by atomic mass is 28.5. The van der Waals surface area contributed by atoms with Gasteiger partial charge >= 0.3 is 0 Å². The summed E-state index contributed by atoms with van der Waals surface area (Å²) < 4.78 is 0. The second kappa shape index (κ2) is 1.83. The average molecular weight is 251 g/mol. The van der Waals surface area contributed by atoms with Gasteiger partial charge in [0.15, 0.2) is 0 Å². The lowest BCUT2D eigenvalue weighted by molar-refractivity contribution is 1.09. The fourth-order valence-corrected chi connectivity index (χ4v) is 75.1. The largest absolute Gasteiger partial charge is 0.0673 e. The van der Waals surface area contributed by atoms with E-state index < -0.39 is 0 Å². The molecule has 4 atom stereocenters. The molecular formula is C6H10Si6. The van der Waals surface area contributed by atoms with Crippen LogP contribution in [0, 0.1) is 0 Å². The molecule has 0 spiro atoms. The molecule has 6 aliphatic rings. The standard InChI is InChI=1S/C6H10Si6/c1-9-3-7-4-10(1)6-8-5(9)11(3)2-12(4)6/h3-6,9-10H,1-2H2. The lowest BCUT2D eigenvalue weighted by atomic mass is 11.6. The third-order valence-corrected chi connectivity index (χ3v) is 44.8. The maximum atomic E-state index is 2.02.